The number of benzene rings is 1. The van der Waals surface area contributed by atoms with Crippen LogP contribution in [0.15, 0.2) is 30.3 Å². The van der Waals surface area contributed by atoms with E-state index in [4.69, 9.17) is 10.1 Å². The Balaban J connectivity index is 2.03. The average molecular weight is 444 g/mol. The Morgan fingerprint density at radius 3 is 2.32 bits per heavy atom. The van der Waals surface area contributed by atoms with Crippen LogP contribution in [0.2, 0.25) is 0 Å². The number of hydrogen-bond donors (Lipinski definition) is 2. The summed E-state index contributed by atoms with van der Waals surface area (Å²) in [5.74, 6) is -0.392. The van der Waals surface area contributed by atoms with Crippen LogP contribution in [-0.4, -0.2) is 29.1 Å². The van der Waals surface area contributed by atoms with Gasteiger partial charge >= 0.3 is 0 Å². The van der Waals surface area contributed by atoms with Gasteiger partial charge in [0.15, 0.2) is 5.65 Å². The summed E-state index contributed by atoms with van der Waals surface area (Å²) in [6, 6.07) is 8.39. The molecule has 0 saturated heterocycles. The minimum atomic E-state index is -3.61. The van der Waals surface area contributed by atoms with E-state index in [0.29, 0.717) is 22.5 Å². The van der Waals surface area contributed by atoms with Crippen LogP contribution in [0, 0.1) is 6.92 Å². The van der Waals surface area contributed by atoms with Crippen LogP contribution in [-0.2, 0) is 21.3 Å². The van der Waals surface area contributed by atoms with E-state index in [1.165, 1.54) is 0 Å². The van der Waals surface area contributed by atoms with Gasteiger partial charge < -0.3 is 5.32 Å². The van der Waals surface area contributed by atoms with E-state index in [1.54, 1.807) is 24.3 Å². The average Bonchev–Trinajstić information content (AvgIpc) is 2.98. The van der Waals surface area contributed by atoms with E-state index in [1.807, 2.05) is 52.3 Å². The molecule has 9 heteroatoms. The molecule has 1 aromatic carbocycles. The van der Waals surface area contributed by atoms with Crippen LogP contribution in [0.3, 0.4) is 0 Å². The highest BCUT2D eigenvalue weighted by Crippen LogP contribution is 2.29. The topological polar surface area (TPSA) is 120 Å². The summed E-state index contributed by atoms with van der Waals surface area (Å²) >= 11 is 0. The molecule has 0 bridgehead atoms. The minimum Gasteiger partial charge on any atom is -0.322 e. The van der Waals surface area contributed by atoms with Crippen molar-refractivity contribution in [3.8, 4) is 0 Å². The number of hydrogen-bond acceptors (Lipinski definition) is 5. The number of anilines is 1. The number of carbonyl (C=O) groups excluding carboxylic acids is 1. The number of amides is 1. The Labute approximate surface area is 182 Å². The van der Waals surface area contributed by atoms with Crippen molar-refractivity contribution in [2.75, 3.05) is 5.32 Å². The van der Waals surface area contributed by atoms with Gasteiger partial charge in [0, 0.05) is 11.4 Å². The maximum atomic E-state index is 13.2. The number of fused-ring (bicyclic) bond motifs is 1. The predicted molar refractivity (Wildman–Crippen MR) is 123 cm³/mol. The van der Waals surface area contributed by atoms with Gasteiger partial charge in [0.25, 0.3) is 5.91 Å². The molecular weight excluding hydrogens is 414 g/mol. The molecule has 2 aromatic heterocycles. The summed E-state index contributed by atoms with van der Waals surface area (Å²) in [5.41, 5.74) is 3.56. The number of aryl methyl sites for hydroxylation is 1. The summed E-state index contributed by atoms with van der Waals surface area (Å²) in [6.45, 7) is 12.1. The Kier molecular flexibility index (Phi) is 5.94. The Hall–Kier alpha value is -2.78. The molecule has 0 radical (unpaired) electrons. The largest absolute Gasteiger partial charge is 0.322 e. The van der Waals surface area contributed by atoms with Crippen LogP contribution in [0.1, 0.15) is 67.8 Å². The molecule has 0 atom stereocenters. The zero-order valence-electron chi connectivity index (χ0n) is 18.7. The van der Waals surface area contributed by atoms with Gasteiger partial charge in [0.05, 0.1) is 27.9 Å². The smallest absolute Gasteiger partial charge is 0.256 e. The molecule has 8 nitrogen and oxygen atoms in total. The van der Waals surface area contributed by atoms with E-state index in [0.717, 1.165) is 16.8 Å². The SMILES string of the molecule is Cc1nn(C(C)(C)C)c2nc(C(C)C)cc(C(=O)Nc3ccc(CS(N)(=O)=O)cc3)c12. The van der Waals surface area contributed by atoms with Gasteiger partial charge in [-0.15, -0.1) is 0 Å². The second-order valence-corrected chi connectivity index (χ2v) is 10.7. The van der Waals surface area contributed by atoms with Crippen molar-refractivity contribution in [1.82, 2.24) is 14.8 Å². The predicted octanol–water partition coefficient (Wildman–Crippen LogP) is 3.66. The summed E-state index contributed by atoms with van der Waals surface area (Å²) in [4.78, 5) is 18.0. The lowest BCUT2D eigenvalue weighted by molar-refractivity contribution is 0.102. The van der Waals surface area contributed by atoms with E-state index < -0.39 is 10.0 Å². The number of nitrogens with two attached hydrogens (primary N) is 1. The fraction of sp³-hybridized carbons (Fsp3) is 0.409. The maximum absolute atomic E-state index is 13.2. The Morgan fingerprint density at radius 1 is 1.19 bits per heavy atom. The molecule has 3 aromatic rings. The number of nitrogens with one attached hydrogen (secondary N) is 1. The van der Waals surface area contributed by atoms with Gasteiger partial charge in [0.1, 0.15) is 0 Å². The molecule has 3 N–H and O–H groups in total. The van der Waals surface area contributed by atoms with Crippen LogP contribution in [0.4, 0.5) is 5.69 Å². The molecule has 0 aliphatic heterocycles. The van der Waals surface area contributed by atoms with E-state index >= 15 is 0 Å². The lowest BCUT2D eigenvalue weighted by Gasteiger charge is -2.20. The number of carbonyl (C=O) groups is 1. The van der Waals surface area contributed by atoms with Crippen molar-refractivity contribution in [2.24, 2.45) is 5.14 Å². The zero-order valence-corrected chi connectivity index (χ0v) is 19.5. The lowest BCUT2D eigenvalue weighted by atomic mass is 10.0. The van der Waals surface area contributed by atoms with Gasteiger partial charge in [-0.25, -0.2) is 23.2 Å². The summed E-state index contributed by atoms with van der Waals surface area (Å²) in [6.07, 6.45) is 0. The molecule has 3 rings (SSSR count). The first-order valence-corrected chi connectivity index (χ1v) is 11.8. The van der Waals surface area contributed by atoms with Crippen LogP contribution < -0.4 is 10.5 Å². The Morgan fingerprint density at radius 2 is 1.81 bits per heavy atom. The summed E-state index contributed by atoms with van der Waals surface area (Å²) < 4.78 is 24.4. The third-order valence-electron chi connectivity index (χ3n) is 4.88. The molecular formula is C22H29N5O3S. The van der Waals surface area contributed by atoms with Crippen LogP contribution in [0.5, 0.6) is 0 Å². The van der Waals surface area contributed by atoms with Crippen molar-refractivity contribution < 1.29 is 13.2 Å². The molecule has 0 unspecified atom stereocenters. The molecule has 31 heavy (non-hydrogen) atoms. The highest BCUT2D eigenvalue weighted by Gasteiger charge is 2.25. The minimum absolute atomic E-state index is 0.136. The monoisotopic (exact) mass is 443 g/mol. The van der Waals surface area contributed by atoms with Crippen LogP contribution in [0.25, 0.3) is 11.0 Å². The Bertz CT molecular complexity index is 1240. The number of pyridine rings is 1. The van der Waals surface area contributed by atoms with Crippen molar-refractivity contribution in [3.63, 3.8) is 0 Å². The number of nitrogens with zero attached hydrogens (tertiary/aromatic N) is 3. The zero-order chi connectivity index (χ0) is 23.1. The number of sulfonamides is 1. The third-order valence-corrected chi connectivity index (χ3v) is 5.62. The summed E-state index contributed by atoms with van der Waals surface area (Å²) in [5, 5.41) is 13.4. The number of rotatable bonds is 5. The molecule has 0 saturated carbocycles. The fourth-order valence-corrected chi connectivity index (χ4v) is 4.02. The van der Waals surface area contributed by atoms with Crippen molar-refractivity contribution in [1.29, 1.82) is 0 Å². The molecule has 2 heterocycles. The maximum Gasteiger partial charge on any atom is 0.256 e. The van der Waals surface area contributed by atoms with E-state index in [9.17, 15) is 13.2 Å². The summed E-state index contributed by atoms with van der Waals surface area (Å²) in [7, 11) is -3.61. The highest BCUT2D eigenvalue weighted by molar-refractivity contribution is 7.88. The van der Waals surface area contributed by atoms with Gasteiger partial charge in [-0.05, 0) is 57.4 Å². The van der Waals surface area contributed by atoms with E-state index in [2.05, 4.69) is 10.4 Å². The molecule has 0 spiro atoms. The first-order chi connectivity index (χ1) is 14.3. The van der Waals surface area contributed by atoms with Crippen molar-refractivity contribution in [3.05, 3.63) is 52.8 Å². The van der Waals surface area contributed by atoms with Gasteiger partial charge in [0.2, 0.25) is 10.0 Å². The molecule has 0 aliphatic carbocycles. The lowest BCUT2D eigenvalue weighted by Crippen LogP contribution is -2.24. The second-order valence-electron chi connectivity index (χ2n) is 9.07. The number of primary sulfonamides is 1. The standard InChI is InChI=1S/C22H29N5O3S/c1-13(2)18-11-17(19-14(3)26-27(20(19)25-18)22(4,5)6)21(28)24-16-9-7-15(8-10-16)12-31(23,29)30/h7-11,13H,12H2,1-6H3,(H,24,28)(H2,23,29,30). The number of aromatic nitrogens is 3. The molecule has 0 aliphatic rings. The van der Waals surface area contributed by atoms with Crippen molar-refractivity contribution >= 4 is 32.7 Å². The second kappa shape index (κ2) is 8.05. The first-order valence-electron chi connectivity index (χ1n) is 10.1. The third kappa shape index (κ3) is 5.11. The fourth-order valence-electron chi connectivity index (χ4n) is 3.37. The molecule has 166 valence electrons. The van der Waals surface area contributed by atoms with Crippen molar-refractivity contribution in [2.45, 2.75) is 58.8 Å². The van der Waals surface area contributed by atoms with Gasteiger partial charge in [-0.3, -0.25) is 4.79 Å². The quantitative estimate of drug-likeness (QED) is 0.623. The van der Waals surface area contributed by atoms with Crippen LogP contribution >= 0.6 is 0 Å². The highest BCUT2D eigenvalue weighted by atomic mass is 32.2. The molecule has 1 amide bonds. The van der Waals surface area contributed by atoms with E-state index in [-0.39, 0.29) is 23.1 Å². The normalized spacial score (nSPS) is 12.5. The van der Waals surface area contributed by atoms with Gasteiger partial charge in [-0.2, -0.15) is 5.10 Å². The van der Waals surface area contributed by atoms with Gasteiger partial charge in [-0.1, -0.05) is 26.0 Å². The first kappa shape index (κ1) is 22.9. The molecule has 0 fully saturated rings.